The van der Waals surface area contributed by atoms with Crippen molar-refractivity contribution in [3.05, 3.63) is 23.8 Å². The fraction of sp³-hybridized carbons (Fsp3) is 0.400. The SMILES string of the molecule is COc1ccc2c(c1)C(C(F)F)CN2. The molecule has 76 valence electrons. The number of halogens is 2. The first-order chi connectivity index (χ1) is 6.72. The van der Waals surface area contributed by atoms with Crippen LogP contribution in [0.1, 0.15) is 11.5 Å². The van der Waals surface area contributed by atoms with Crippen molar-refractivity contribution in [3.8, 4) is 5.75 Å². The quantitative estimate of drug-likeness (QED) is 0.790. The van der Waals surface area contributed by atoms with Crippen LogP contribution < -0.4 is 10.1 Å². The lowest BCUT2D eigenvalue weighted by atomic mass is 10.0. The van der Waals surface area contributed by atoms with Crippen LogP contribution >= 0.6 is 0 Å². The molecule has 0 bridgehead atoms. The second kappa shape index (κ2) is 3.44. The number of rotatable bonds is 2. The predicted octanol–water partition coefficient (Wildman–Crippen LogP) is 2.47. The van der Waals surface area contributed by atoms with Crippen LogP contribution in [-0.4, -0.2) is 20.1 Å². The number of ether oxygens (including phenoxy) is 1. The Hall–Kier alpha value is -1.32. The van der Waals surface area contributed by atoms with Crippen molar-refractivity contribution in [3.63, 3.8) is 0 Å². The highest BCUT2D eigenvalue weighted by Crippen LogP contribution is 2.37. The number of hydrogen-bond donors (Lipinski definition) is 1. The van der Waals surface area contributed by atoms with Crippen molar-refractivity contribution in [2.45, 2.75) is 12.3 Å². The summed E-state index contributed by atoms with van der Waals surface area (Å²) < 4.78 is 30.1. The van der Waals surface area contributed by atoms with E-state index in [1.54, 1.807) is 18.2 Å². The first-order valence-electron chi connectivity index (χ1n) is 4.42. The molecule has 0 amide bonds. The highest BCUT2D eigenvalue weighted by molar-refractivity contribution is 5.60. The van der Waals surface area contributed by atoms with Crippen molar-refractivity contribution < 1.29 is 13.5 Å². The number of benzene rings is 1. The zero-order valence-electron chi connectivity index (χ0n) is 7.76. The maximum absolute atomic E-state index is 12.6. The molecule has 1 aliphatic heterocycles. The maximum atomic E-state index is 12.6. The smallest absolute Gasteiger partial charge is 0.247 e. The minimum atomic E-state index is -2.32. The van der Waals surface area contributed by atoms with Crippen molar-refractivity contribution in [2.24, 2.45) is 0 Å². The van der Waals surface area contributed by atoms with E-state index >= 15 is 0 Å². The Bertz CT molecular complexity index is 341. The largest absolute Gasteiger partial charge is 0.497 e. The van der Waals surface area contributed by atoms with Gasteiger partial charge in [-0.3, -0.25) is 0 Å². The molecule has 1 aromatic carbocycles. The number of hydrogen-bond acceptors (Lipinski definition) is 2. The lowest BCUT2D eigenvalue weighted by Gasteiger charge is -2.09. The second-order valence-electron chi connectivity index (χ2n) is 3.28. The molecule has 0 aliphatic carbocycles. The van der Waals surface area contributed by atoms with Crippen LogP contribution in [0.4, 0.5) is 14.5 Å². The average molecular weight is 199 g/mol. The Labute approximate surface area is 80.9 Å². The Morgan fingerprint density at radius 1 is 1.50 bits per heavy atom. The number of anilines is 1. The van der Waals surface area contributed by atoms with Crippen molar-refractivity contribution in [1.82, 2.24) is 0 Å². The Morgan fingerprint density at radius 3 is 2.93 bits per heavy atom. The summed E-state index contributed by atoms with van der Waals surface area (Å²) in [6.07, 6.45) is -2.32. The highest BCUT2D eigenvalue weighted by atomic mass is 19.3. The Kier molecular flexibility index (Phi) is 2.27. The molecule has 1 aliphatic rings. The zero-order chi connectivity index (χ0) is 10.1. The molecular weight excluding hydrogens is 188 g/mol. The van der Waals surface area contributed by atoms with Gasteiger partial charge < -0.3 is 10.1 Å². The Morgan fingerprint density at radius 2 is 2.29 bits per heavy atom. The second-order valence-corrected chi connectivity index (χ2v) is 3.28. The van der Waals surface area contributed by atoms with Crippen LogP contribution in [0.15, 0.2) is 18.2 Å². The summed E-state index contributed by atoms with van der Waals surface area (Å²) in [4.78, 5) is 0. The summed E-state index contributed by atoms with van der Waals surface area (Å²) in [5.41, 5.74) is 1.44. The van der Waals surface area contributed by atoms with Crippen LogP contribution in [0.5, 0.6) is 5.75 Å². The van der Waals surface area contributed by atoms with E-state index in [9.17, 15) is 8.78 Å². The van der Waals surface area contributed by atoms with Gasteiger partial charge in [0, 0.05) is 12.2 Å². The Balaban J connectivity index is 2.37. The zero-order valence-corrected chi connectivity index (χ0v) is 7.76. The first-order valence-corrected chi connectivity index (χ1v) is 4.42. The standard InChI is InChI=1S/C10H11F2NO/c1-14-6-2-3-9-7(4-6)8(5-13-9)10(11)12/h2-4,8,10,13H,5H2,1H3. The molecule has 1 unspecified atom stereocenters. The third-order valence-electron chi connectivity index (χ3n) is 2.47. The van der Waals surface area contributed by atoms with E-state index in [1.165, 1.54) is 7.11 Å². The van der Waals surface area contributed by atoms with Crippen LogP contribution in [-0.2, 0) is 0 Å². The molecule has 0 saturated carbocycles. The van der Waals surface area contributed by atoms with Gasteiger partial charge in [0.15, 0.2) is 0 Å². The fourth-order valence-corrected chi connectivity index (χ4v) is 1.69. The van der Waals surface area contributed by atoms with E-state index in [0.717, 1.165) is 5.69 Å². The van der Waals surface area contributed by atoms with Crippen molar-refractivity contribution in [2.75, 3.05) is 19.0 Å². The van der Waals surface area contributed by atoms with Crippen LogP contribution in [0.3, 0.4) is 0 Å². The van der Waals surface area contributed by atoms with E-state index < -0.39 is 12.3 Å². The van der Waals surface area contributed by atoms with Gasteiger partial charge >= 0.3 is 0 Å². The number of methoxy groups -OCH3 is 1. The van der Waals surface area contributed by atoms with Gasteiger partial charge in [-0.2, -0.15) is 0 Å². The maximum Gasteiger partial charge on any atom is 0.247 e. The van der Waals surface area contributed by atoms with E-state index in [2.05, 4.69) is 5.32 Å². The summed E-state index contributed by atoms with van der Waals surface area (Å²) in [6.45, 7) is 0.306. The summed E-state index contributed by atoms with van der Waals surface area (Å²) in [5, 5.41) is 2.95. The van der Waals surface area contributed by atoms with E-state index in [1.807, 2.05) is 0 Å². The first kappa shape index (κ1) is 9.24. The molecule has 1 aromatic rings. The van der Waals surface area contributed by atoms with Crippen molar-refractivity contribution in [1.29, 1.82) is 0 Å². The topological polar surface area (TPSA) is 21.3 Å². The molecule has 0 saturated heterocycles. The van der Waals surface area contributed by atoms with E-state index in [-0.39, 0.29) is 0 Å². The molecule has 4 heteroatoms. The summed E-state index contributed by atoms with van der Waals surface area (Å²) in [6, 6.07) is 5.21. The number of nitrogens with one attached hydrogen (secondary N) is 1. The summed E-state index contributed by atoms with van der Waals surface area (Å²) in [5.74, 6) is -0.0850. The van der Waals surface area contributed by atoms with Gasteiger partial charge in [-0.1, -0.05) is 0 Å². The molecule has 0 fully saturated rings. The minimum Gasteiger partial charge on any atom is -0.497 e. The van der Waals surface area contributed by atoms with Crippen LogP contribution in [0.25, 0.3) is 0 Å². The molecule has 2 rings (SSSR count). The van der Waals surface area contributed by atoms with E-state index in [0.29, 0.717) is 17.9 Å². The van der Waals surface area contributed by atoms with Crippen LogP contribution in [0, 0.1) is 0 Å². The molecule has 1 atom stereocenters. The minimum absolute atomic E-state index is 0.306. The van der Waals surface area contributed by atoms with Gasteiger partial charge in [0.1, 0.15) is 5.75 Å². The number of fused-ring (bicyclic) bond motifs is 1. The molecular formula is C10H11F2NO. The summed E-state index contributed by atoms with van der Waals surface area (Å²) >= 11 is 0. The molecule has 0 aromatic heterocycles. The van der Waals surface area contributed by atoms with Gasteiger partial charge in [-0.25, -0.2) is 8.78 Å². The van der Waals surface area contributed by atoms with Gasteiger partial charge in [-0.15, -0.1) is 0 Å². The predicted molar refractivity (Wildman–Crippen MR) is 50.2 cm³/mol. The third kappa shape index (κ3) is 1.41. The number of alkyl halides is 2. The lowest BCUT2D eigenvalue weighted by Crippen LogP contribution is -2.10. The molecule has 1 heterocycles. The molecule has 0 radical (unpaired) electrons. The third-order valence-corrected chi connectivity index (χ3v) is 2.47. The van der Waals surface area contributed by atoms with Crippen molar-refractivity contribution >= 4 is 5.69 Å². The fourth-order valence-electron chi connectivity index (χ4n) is 1.69. The molecule has 2 nitrogen and oxygen atoms in total. The van der Waals surface area contributed by atoms with Gasteiger partial charge in [0.25, 0.3) is 0 Å². The monoisotopic (exact) mass is 199 g/mol. The van der Waals surface area contributed by atoms with E-state index in [4.69, 9.17) is 4.74 Å². The van der Waals surface area contributed by atoms with Gasteiger partial charge in [0.05, 0.1) is 13.0 Å². The van der Waals surface area contributed by atoms with Crippen LogP contribution in [0.2, 0.25) is 0 Å². The van der Waals surface area contributed by atoms with Gasteiger partial charge in [0.2, 0.25) is 6.43 Å². The normalized spacial score (nSPS) is 19.3. The highest BCUT2D eigenvalue weighted by Gasteiger charge is 2.29. The average Bonchev–Trinajstić information content (AvgIpc) is 2.59. The summed E-state index contributed by atoms with van der Waals surface area (Å²) in [7, 11) is 1.53. The molecule has 14 heavy (non-hydrogen) atoms. The molecule has 0 spiro atoms. The van der Waals surface area contributed by atoms with Gasteiger partial charge in [-0.05, 0) is 23.8 Å². The lowest BCUT2D eigenvalue weighted by molar-refractivity contribution is 0.121. The molecule has 1 N–H and O–H groups in total.